The molecule has 1 unspecified atom stereocenters. The molecule has 1 aromatic carbocycles. The molecule has 4 rings (SSSR count). The van der Waals surface area contributed by atoms with Gasteiger partial charge in [-0.2, -0.15) is 0 Å². The van der Waals surface area contributed by atoms with Gasteiger partial charge in [0, 0.05) is 6.54 Å². The Morgan fingerprint density at radius 3 is 2.84 bits per heavy atom. The number of thioether (sulfide) groups is 1. The van der Waals surface area contributed by atoms with Gasteiger partial charge in [0.15, 0.2) is 11.0 Å². The van der Waals surface area contributed by atoms with Crippen LogP contribution in [-0.4, -0.2) is 26.4 Å². The van der Waals surface area contributed by atoms with E-state index in [0.29, 0.717) is 11.7 Å². The molecule has 0 aliphatic heterocycles. The highest BCUT2D eigenvalue weighted by atomic mass is 32.2. The summed E-state index contributed by atoms with van der Waals surface area (Å²) in [7, 11) is 0. The van der Waals surface area contributed by atoms with Crippen molar-refractivity contribution in [3.8, 4) is 11.4 Å². The van der Waals surface area contributed by atoms with Crippen molar-refractivity contribution in [2.45, 2.75) is 57.3 Å². The molecule has 0 spiro atoms. The predicted molar refractivity (Wildman–Crippen MR) is 123 cm³/mol. The first-order valence-corrected chi connectivity index (χ1v) is 11.7. The van der Waals surface area contributed by atoms with Gasteiger partial charge in [-0.25, -0.2) is 0 Å². The lowest BCUT2D eigenvalue weighted by atomic mass is 9.89. The van der Waals surface area contributed by atoms with Crippen LogP contribution in [0.2, 0.25) is 0 Å². The lowest BCUT2D eigenvalue weighted by molar-refractivity contribution is -0.119. The molecule has 1 aliphatic carbocycles. The summed E-state index contributed by atoms with van der Waals surface area (Å²) in [6.45, 7) is 8.32. The number of aromatic nitrogens is 3. The summed E-state index contributed by atoms with van der Waals surface area (Å²) in [5.74, 6) is 1.75. The van der Waals surface area contributed by atoms with Gasteiger partial charge in [-0.3, -0.25) is 9.36 Å². The van der Waals surface area contributed by atoms with Gasteiger partial charge in [0.05, 0.1) is 23.6 Å². The molecule has 0 bridgehead atoms. The fourth-order valence-corrected chi connectivity index (χ4v) is 4.78. The summed E-state index contributed by atoms with van der Waals surface area (Å²) in [4.78, 5) is 12.6. The third-order valence-electron chi connectivity index (χ3n) is 5.71. The highest BCUT2D eigenvalue weighted by molar-refractivity contribution is 7.99. The van der Waals surface area contributed by atoms with Gasteiger partial charge in [-0.05, 0) is 62.3 Å². The summed E-state index contributed by atoms with van der Waals surface area (Å²) in [6.07, 6.45) is 8.26. The van der Waals surface area contributed by atoms with Crippen LogP contribution in [0.5, 0.6) is 0 Å². The van der Waals surface area contributed by atoms with Crippen LogP contribution >= 0.6 is 11.8 Å². The molecule has 0 radical (unpaired) electrons. The Morgan fingerprint density at radius 2 is 2.10 bits per heavy atom. The van der Waals surface area contributed by atoms with Crippen molar-refractivity contribution in [2.24, 2.45) is 0 Å². The number of hydrogen-bond donors (Lipinski definition) is 1. The number of hydrogen-bond acceptors (Lipinski definition) is 5. The number of carbonyl (C=O) groups excluding carboxylic acids is 1. The maximum absolute atomic E-state index is 12.6. The van der Waals surface area contributed by atoms with Crippen molar-refractivity contribution in [2.75, 3.05) is 5.75 Å². The molecule has 31 heavy (non-hydrogen) atoms. The monoisotopic (exact) mass is 436 g/mol. The normalized spacial score (nSPS) is 14.1. The molecule has 6 nitrogen and oxygen atoms in total. The van der Waals surface area contributed by atoms with E-state index in [2.05, 4.69) is 40.3 Å². The zero-order chi connectivity index (χ0) is 21.8. The number of amides is 1. The van der Waals surface area contributed by atoms with Crippen molar-refractivity contribution in [1.29, 1.82) is 0 Å². The van der Waals surface area contributed by atoms with Crippen molar-refractivity contribution in [3.63, 3.8) is 0 Å². The van der Waals surface area contributed by atoms with E-state index >= 15 is 0 Å². The maximum atomic E-state index is 12.6. The number of nitrogens with one attached hydrogen (secondary N) is 1. The van der Waals surface area contributed by atoms with Crippen LogP contribution in [0.3, 0.4) is 0 Å². The van der Waals surface area contributed by atoms with E-state index < -0.39 is 0 Å². The molecule has 0 fully saturated rings. The topological polar surface area (TPSA) is 73.0 Å². The van der Waals surface area contributed by atoms with Crippen LogP contribution in [0, 0.1) is 6.92 Å². The molecule has 3 aromatic rings. The van der Waals surface area contributed by atoms with Gasteiger partial charge in [0.1, 0.15) is 5.76 Å². The lowest BCUT2D eigenvalue weighted by Gasteiger charge is -2.20. The van der Waals surface area contributed by atoms with E-state index in [1.54, 1.807) is 12.3 Å². The minimum atomic E-state index is -0.0319. The first kappa shape index (κ1) is 21.4. The second kappa shape index (κ2) is 9.56. The maximum Gasteiger partial charge on any atom is 0.230 e. The van der Waals surface area contributed by atoms with E-state index in [-0.39, 0.29) is 17.7 Å². The zero-order valence-corrected chi connectivity index (χ0v) is 18.9. The van der Waals surface area contributed by atoms with Gasteiger partial charge in [0.25, 0.3) is 0 Å². The molecular formula is C24H28N4O2S. The Hall–Kier alpha value is -2.80. The summed E-state index contributed by atoms with van der Waals surface area (Å²) in [5.41, 5.74) is 4.94. The van der Waals surface area contributed by atoms with Crippen molar-refractivity contribution in [1.82, 2.24) is 20.1 Å². The number of furan rings is 1. The molecule has 7 heteroatoms. The third-order valence-corrected chi connectivity index (χ3v) is 6.68. The average molecular weight is 437 g/mol. The van der Waals surface area contributed by atoms with Crippen molar-refractivity contribution < 1.29 is 9.21 Å². The standard InChI is InChI=1S/C24H28N4O2S/c1-4-12-28-23(21-11-13-30-17(21)3)26-27-24(28)31-15-22(29)25-16(2)19-10-9-18-7-5-6-8-20(18)14-19/h4,9-11,13-14,16H,1,5-8,12,15H2,2-3H3,(H,25,29). The molecule has 162 valence electrons. The summed E-state index contributed by atoms with van der Waals surface area (Å²) in [6, 6.07) is 8.46. The Labute approximate surface area is 187 Å². The van der Waals surface area contributed by atoms with Crippen LogP contribution in [0.25, 0.3) is 11.4 Å². The van der Waals surface area contributed by atoms with Gasteiger partial charge in [0.2, 0.25) is 5.91 Å². The molecule has 1 N–H and O–H groups in total. The van der Waals surface area contributed by atoms with Crippen LogP contribution in [0.1, 0.15) is 48.3 Å². The smallest absolute Gasteiger partial charge is 0.230 e. The third kappa shape index (κ3) is 4.77. The molecular weight excluding hydrogens is 408 g/mol. The number of fused-ring (bicyclic) bond motifs is 1. The minimum Gasteiger partial charge on any atom is -0.469 e. The number of carbonyl (C=O) groups is 1. The van der Waals surface area contributed by atoms with Crippen LogP contribution in [0.15, 0.2) is 52.8 Å². The first-order chi connectivity index (χ1) is 15.1. The Morgan fingerprint density at radius 1 is 1.29 bits per heavy atom. The number of allylic oxidation sites excluding steroid dienone is 1. The van der Waals surface area contributed by atoms with Gasteiger partial charge >= 0.3 is 0 Å². The van der Waals surface area contributed by atoms with Crippen LogP contribution in [0.4, 0.5) is 0 Å². The first-order valence-electron chi connectivity index (χ1n) is 10.7. The van der Waals surface area contributed by atoms with E-state index in [9.17, 15) is 4.79 Å². The minimum absolute atomic E-state index is 0.0237. The molecule has 1 aliphatic rings. The van der Waals surface area contributed by atoms with Crippen LogP contribution in [-0.2, 0) is 24.2 Å². The highest BCUT2D eigenvalue weighted by Crippen LogP contribution is 2.28. The molecule has 2 heterocycles. The second-order valence-corrected chi connectivity index (χ2v) is 8.85. The largest absolute Gasteiger partial charge is 0.469 e. The molecule has 1 amide bonds. The lowest BCUT2D eigenvalue weighted by Crippen LogP contribution is -2.28. The fourth-order valence-electron chi connectivity index (χ4n) is 4.02. The van der Waals surface area contributed by atoms with E-state index in [0.717, 1.165) is 29.1 Å². The van der Waals surface area contributed by atoms with Gasteiger partial charge in [-0.1, -0.05) is 36.0 Å². The highest BCUT2D eigenvalue weighted by Gasteiger charge is 2.19. The van der Waals surface area contributed by atoms with Crippen molar-refractivity contribution >= 4 is 17.7 Å². The zero-order valence-electron chi connectivity index (χ0n) is 18.1. The van der Waals surface area contributed by atoms with Crippen molar-refractivity contribution in [3.05, 3.63) is 65.6 Å². The van der Waals surface area contributed by atoms with E-state index in [1.165, 1.54) is 42.2 Å². The summed E-state index contributed by atoms with van der Waals surface area (Å²) >= 11 is 1.38. The Bertz CT molecular complexity index is 1090. The average Bonchev–Trinajstić information content (AvgIpc) is 3.37. The number of benzene rings is 1. The fraction of sp³-hybridized carbons (Fsp3) is 0.375. The molecule has 2 aromatic heterocycles. The Balaban J connectivity index is 1.40. The summed E-state index contributed by atoms with van der Waals surface area (Å²) < 4.78 is 7.36. The van der Waals surface area contributed by atoms with E-state index in [4.69, 9.17) is 4.42 Å². The quantitative estimate of drug-likeness (QED) is 0.402. The summed E-state index contributed by atoms with van der Waals surface area (Å²) in [5, 5.41) is 12.4. The van der Waals surface area contributed by atoms with Crippen LogP contribution < -0.4 is 5.32 Å². The SMILES string of the molecule is C=CCn1c(SCC(=O)NC(C)c2ccc3c(c2)CCCC3)nnc1-c1ccoc1C. The predicted octanol–water partition coefficient (Wildman–Crippen LogP) is 4.88. The second-order valence-electron chi connectivity index (χ2n) is 7.91. The van der Waals surface area contributed by atoms with E-state index in [1.807, 2.05) is 24.5 Å². The van der Waals surface area contributed by atoms with Gasteiger partial charge < -0.3 is 9.73 Å². The Kier molecular flexibility index (Phi) is 6.61. The number of aryl methyl sites for hydroxylation is 3. The number of nitrogens with zero attached hydrogens (tertiary/aromatic N) is 3. The van der Waals surface area contributed by atoms with Gasteiger partial charge in [-0.15, -0.1) is 16.8 Å². The molecule has 0 saturated heterocycles. The number of rotatable bonds is 8. The molecule has 1 atom stereocenters. The molecule has 0 saturated carbocycles.